The highest BCUT2D eigenvalue weighted by Crippen LogP contribution is 2.23. The molecule has 2 aromatic rings. The summed E-state index contributed by atoms with van der Waals surface area (Å²) in [6, 6.07) is 5.17. The van der Waals surface area contributed by atoms with Gasteiger partial charge < -0.3 is 20.3 Å². The molecule has 1 aliphatic heterocycles. The zero-order chi connectivity index (χ0) is 13.2. The van der Waals surface area contributed by atoms with Crippen molar-refractivity contribution in [1.82, 2.24) is 15.2 Å². The standard InChI is InChI=1S/C14H17N3O2/c18-11-1-2-12-10(9-16-13(12)8-11)7-14(19)17-5-3-15-4-6-17/h1-2,8-9,15-16,18H,3-7H2. The number of aromatic nitrogens is 1. The Morgan fingerprint density at radius 3 is 2.89 bits per heavy atom. The van der Waals surface area contributed by atoms with Gasteiger partial charge in [0.05, 0.1) is 6.42 Å². The van der Waals surface area contributed by atoms with Gasteiger partial charge >= 0.3 is 0 Å². The average Bonchev–Trinajstić information content (AvgIpc) is 2.82. The first kappa shape index (κ1) is 12.0. The predicted octanol–water partition coefficient (Wildman–Crippen LogP) is 0.848. The van der Waals surface area contributed by atoms with Crippen LogP contribution in [0.1, 0.15) is 5.56 Å². The highest BCUT2D eigenvalue weighted by Gasteiger charge is 2.17. The summed E-state index contributed by atoms with van der Waals surface area (Å²) < 4.78 is 0. The number of fused-ring (bicyclic) bond motifs is 1. The molecule has 0 radical (unpaired) electrons. The summed E-state index contributed by atoms with van der Waals surface area (Å²) in [6.07, 6.45) is 2.26. The molecule has 1 aromatic heterocycles. The lowest BCUT2D eigenvalue weighted by molar-refractivity contribution is -0.131. The van der Waals surface area contributed by atoms with Gasteiger partial charge in [0.15, 0.2) is 0 Å². The number of nitrogens with one attached hydrogen (secondary N) is 2. The quantitative estimate of drug-likeness (QED) is 0.749. The Morgan fingerprint density at radius 1 is 1.32 bits per heavy atom. The molecule has 1 aromatic carbocycles. The number of benzene rings is 1. The molecule has 5 heteroatoms. The number of hydrogen-bond donors (Lipinski definition) is 3. The maximum absolute atomic E-state index is 12.2. The maximum Gasteiger partial charge on any atom is 0.227 e. The van der Waals surface area contributed by atoms with Crippen LogP contribution < -0.4 is 5.32 Å². The first-order chi connectivity index (χ1) is 9.24. The Balaban J connectivity index is 1.79. The molecule has 1 saturated heterocycles. The molecule has 0 atom stereocenters. The number of piperazine rings is 1. The number of H-pyrrole nitrogens is 1. The maximum atomic E-state index is 12.2. The van der Waals surface area contributed by atoms with E-state index in [1.807, 2.05) is 17.2 Å². The molecular weight excluding hydrogens is 242 g/mol. The number of hydrogen-bond acceptors (Lipinski definition) is 3. The van der Waals surface area contributed by atoms with Crippen LogP contribution in [0.3, 0.4) is 0 Å². The largest absolute Gasteiger partial charge is 0.508 e. The van der Waals surface area contributed by atoms with Gasteiger partial charge in [0.1, 0.15) is 5.75 Å². The number of amides is 1. The Labute approximate surface area is 111 Å². The molecule has 19 heavy (non-hydrogen) atoms. The topological polar surface area (TPSA) is 68.4 Å². The molecule has 0 saturated carbocycles. The van der Waals surface area contributed by atoms with E-state index < -0.39 is 0 Å². The van der Waals surface area contributed by atoms with Gasteiger partial charge in [-0.3, -0.25) is 4.79 Å². The number of carbonyl (C=O) groups is 1. The number of rotatable bonds is 2. The summed E-state index contributed by atoms with van der Waals surface area (Å²) in [5.74, 6) is 0.393. The lowest BCUT2D eigenvalue weighted by Gasteiger charge is -2.27. The normalized spacial score (nSPS) is 15.9. The molecule has 2 heterocycles. The van der Waals surface area contributed by atoms with Gasteiger partial charge in [0.25, 0.3) is 0 Å². The van der Waals surface area contributed by atoms with Gasteiger partial charge in [0.2, 0.25) is 5.91 Å². The number of aromatic amines is 1. The molecular formula is C14H17N3O2. The second-order valence-electron chi connectivity index (χ2n) is 4.85. The first-order valence-corrected chi connectivity index (χ1v) is 6.51. The van der Waals surface area contributed by atoms with Crippen LogP contribution in [-0.4, -0.2) is 47.1 Å². The van der Waals surface area contributed by atoms with E-state index in [0.29, 0.717) is 6.42 Å². The second-order valence-corrected chi connectivity index (χ2v) is 4.85. The minimum absolute atomic E-state index is 0.162. The summed E-state index contributed by atoms with van der Waals surface area (Å²) >= 11 is 0. The van der Waals surface area contributed by atoms with E-state index in [9.17, 15) is 9.90 Å². The second kappa shape index (κ2) is 4.93. The van der Waals surface area contributed by atoms with Crippen molar-refractivity contribution in [3.8, 4) is 5.75 Å². The molecule has 0 spiro atoms. The van der Waals surface area contributed by atoms with Crippen LogP contribution in [0.25, 0.3) is 10.9 Å². The Bertz CT molecular complexity index is 600. The minimum Gasteiger partial charge on any atom is -0.508 e. The molecule has 1 fully saturated rings. The third kappa shape index (κ3) is 2.42. The van der Waals surface area contributed by atoms with Crippen LogP contribution in [0.5, 0.6) is 5.75 Å². The van der Waals surface area contributed by atoms with Crippen molar-refractivity contribution >= 4 is 16.8 Å². The van der Waals surface area contributed by atoms with Crippen molar-refractivity contribution in [2.75, 3.05) is 26.2 Å². The SMILES string of the molecule is O=C(Cc1c[nH]c2cc(O)ccc12)N1CCNCC1. The van der Waals surface area contributed by atoms with Crippen LogP contribution in [0.15, 0.2) is 24.4 Å². The van der Waals surface area contributed by atoms with Crippen molar-refractivity contribution in [3.05, 3.63) is 30.0 Å². The first-order valence-electron chi connectivity index (χ1n) is 6.51. The van der Waals surface area contributed by atoms with E-state index in [-0.39, 0.29) is 11.7 Å². The Kier molecular flexibility index (Phi) is 3.13. The predicted molar refractivity (Wildman–Crippen MR) is 73.1 cm³/mol. The van der Waals surface area contributed by atoms with E-state index in [4.69, 9.17) is 0 Å². The molecule has 3 N–H and O–H groups in total. The van der Waals surface area contributed by atoms with Gasteiger partial charge in [-0.15, -0.1) is 0 Å². The average molecular weight is 259 g/mol. The molecule has 1 amide bonds. The molecule has 5 nitrogen and oxygen atoms in total. The molecule has 0 bridgehead atoms. The van der Waals surface area contributed by atoms with Crippen LogP contribution in [0, 0.1) is 0 Å². The fraction of sp³-hybridized carbons (Fsp3) is 0.357. The van der Waals surface area contributed by atoms with Crippen molar-refractivity contribution in [2.45, 2.75) is 6.42 Å². The molecule has 1 aliphatic rings. The third-order valence-corrected chi connectivity index (χ3v) is 3.56. The van der Waals surface area contributed by atoms with Crippen LogP contribution in [0.2, 0.25) is 0 Å². The number of phenols is 1. The van der Waals surface area contributed by atoms with Crippen LogP contribution in [0.4, 0.5) is 0 Å². The number of carbonyl (C=O) groups excluding carboxylic acids is 1. The molecule has 0 aliphatic carbocycles. The summed E-state index contributed by atoms with van der Waals surface area (Å²) in [4.78, 5) is 17.2. The molecule has 0 unspecified atom stereocenters. The Morgan fingerprint density at radius 2 is 2.11 bits per heavy atom. The lowest BCUT2D eigenvalue weighted by Crippen LogP contribution is -2.46. The summed E-state index contributed by atoms with van der Waals surface area (Å²) in [5, 5.41) is 13.7. The molecule has 3 rings (SSSR count). The van der Waals surface area contributed by atoms with Gasteiger partial charge in [-0.05, 0) is 17.7 Å². The van der Waals surface area contributed by atoms with Crippen molar-refractivity contribution < 1.29 is 9.90 Å². The van der Waals surface area contributed by atoms with E-state index in [1.165, 1.54) is 0 Å². The number of aromatic hydroxyl groups is 1. The van der Waals surface area contributed by atoms with E-state index >= 15 is 0 Å². The van der Waals surface area contributed by atoms with Crippen molar-refractivity contribution in [1.29, 1.82) is 0 Å². The highest BCUT2D eigenvalue weighted by molar-refractivity contribution is 5.89. The monoisotopic (exact) mass is 259 g/mol. The van der Waals surface area contributed by atoms with Gasteiger partial charge in [0, 0.05) is 49.3 Å². The minimum atomic E-state index is 0.162. The highest BCUT2D eigenvalue weighted by atomic mass is 16.3. The third-order valence-electron chi connectivity index (χ3n) is 3.56. The zero-order valence-electron chi connectivity index (χ0n) is 10.6. The van der Waals surface area contributed by atoms with E-state index in [1.54, 1.807) is 12.1 Å². The zero-order valence-corrected chi connectivity index (χ0v) is 10.6. The van der Waals surface area contributed by atoms with E-state index in [2.05, 4.69) is 10.3 Å². The summed E-state index contributed by atoms with van der Waals surface area (Å²) in [7, 11) is 0. The smallest absolute Gasteiger partial charge is 0.227 e. The number of nitrogens with zero attached hydrogens (tertiary/aromatic N) is 1. The van der Waals surface area contributed by atoms with Gasteiger partial charge in [-0.1, -0.05) is 0 Å². The summed E-state index contributed by atoms with van der Waals surface area (Å²) in [6.45, 7) is 3.30. The van der Waals surface area contributed by atoms with Crippen molar-refractivity contribution in [3.63, 3.8) is 0 Å². The van der Waals surface area contributed by atoms with Gasteiger partial charge in [-0.2, -0.15) is 0 Å². The fourth-order valence-electron chi connectivity index (χ4n) is 2.51. The van der Waals surface area contributed by atoms with Crippen LogP contribution in [-0.2, 0) is 11.2 Å². The lowest BCUT2D eigenvalue weighted by atomic mass is 10.1. The van der Waals surface area contributed by atoms with Crippen LogP contribution >= 0.6 is 0 Å². The van der Waals surface area contributed by atoms with E-state index in [0.717, 1.165) is 42.6 Å². The Hall–Kier alpha value is -2.01. The molecule has 100 valence electrons. The summed E-state index contributed by atoms with van der Waals surface area (Å²) in [5.41, 5.74) is 1.85. The van der Waals surface area contributed by atoms with Gasteiger partial charge in [-0.25, -0.2) is 0 Å². The number of phenolic OH excluding ortho intramolecular Hbond substituents is 1. The van der Waals surface area contributed by atoms with Crippen molar-refractivity contribution in [2.24, 2.45) is 0 Å². The fourth-order valence-corrected chi connectivity index (χ4v) is 2.51.